The number of benzene rings is 2. The molecule has 168 valence electrons. The monoisotopic (exact) mass is 479 g/mol. The van der Waals surface area contributed by atoms with E-state index in [2.05, 4.69) is 10.3 Å². The van der Waals surface area contributed by atoms with Crippen molar-refractivity contribution in [3.63, 3.8) is 0 Å². The molecule has 0 spiro atoms. The smallest absolute Gasteiger partial charge is 0.255 e. The second-order valence-electron chi connectivity index (χ2n) is 8.45. The Morgan fingerprint density at radius 1 is 1.15 bits per heavy atom. The van der Waals surface area contributed by atoms with Crippen LogP contribution >= 0.6 is 11.3 Å². The van der Waals surface area contributed by atoms with Gasteiger partial charge in [0.05, 0.1) is 4.90 Å². The number of nitrogens with one attached hydrogen (secondary N) is 1. The molecule has 0 radical (unpaired) electrons. The molecular weight excluding hydrogens is 458 g/mol. The van der Waals surface area contributed by atoms with E-state index in [1.165, 1.54) is 21.3 Å². The minimum Gasteiger partial charge on any atom is -0.440 e. The van der Waals surface area contributed by atoms with Gasteiger partial charge in [-0.15, -0.1) is 11.3 Å². The van der Waals surface area contributed by atoms with Gasteiger partial charge in [-0.25, -0.2) is 13.4 Å². The lowest BCUT2D eigenvalue weighted by Gasteiger charge is -2.26. The molecule has 9 heteroatoms. The zero-order valence-electron chi connectivity index (χ0n) is 17.7. The number of aromatic nitrogens is 1. The van der Waals surface area contributed by atoms with Crippen LogP contribution < -0.4 is 5.32 Å². The number of anilines is 1. The minimum atomic E-state index is -3.70. The largest absolute Gasteiger partial charge is 0.440 e. The van der Waals surface area contributed by atoms with Crippen molar-refractivity contribution in [2.75, 3.05) is 11.9 Å². The maximum atomic E-state index is 13.2. The van der Waals surface area contributed by atoms with Crippen LogP contribution in [0.25, 0.3) is 11.1 Å². The molecule has 7 nitrogen and oxygen atoms in total. The normalized spacial score (nSPS) is 16.6. The second kappa shape index (κ2) is 7.79. The molecular formula is C24H21N3O4S2. The molecule has 3 heterocycles. The van der Waals surface area contributed by atoms with Crippen molar-refractivity contribution in [2.24, 2.45) is 0 Å². The average molecular weight is 480 g/mol. The third-order valence-corrected chi connectivity index (χ3v) is 8.96. The first kappa shape index (κ1) is 20.6. The number of carbonyl (C=O) groups excluding carboxylic acids is 1. The van der Waals surface area contributed by atoms with Crippen molar-refractivity contribution in [2.45, 2.75) is 36.6 Å². The first-order valence-electron chi connectivity index (χ1n) is 10.8. The molecule has 0 atom stereocenters. The molecule has 1 amide bonds. The van der Waals surface area contributed by atoms with Gasteiger partial charge in [-0.2, -0.15) is 4.31 Å². The van der Waals surface area contributed by atoms with E-state index in [4.69, 9.17) is 4.42 Å². The summed E-state index contributed by atoms with van der Waals surface area (Å²) in [5, 5.41) is 4.84. The van der Waals surface area contributed by atoms with Crippen molar-refractivity contribution in [3.05, 3.63) is 75.8 Å². The van der Waals surface area contributed by atoms with Crippen LogP contribution in [0.15, 0.2) is 63.2 Å². The third-order valence-electron chi connectivity index (χ3n) is 6.10. The lowest BCUT2D eigenvalue weighted by Crippen LogP contribution is -2.35. The topological polar surface area (TPSA) is 92.5 Å². The minimum absolute atomic E-state index is 0.120. The van der Waals surface area contributed by atoms with Gasteiger partial charge in [-0.3, -0.25) is 4.79 Å². The molecule has 1 aliphatic heterocycles. The molecule has 1 saturated carbocycles. The highest BCUT2D eigenvalue weighted by atomic mass is 32.2. The summed E-state index contributed by atoms with van der Waals surface area (Å²) in [5.74, 6) is 0.779. The average Bonchev–Trinajstić information content (AvgIpc) is 3.41. The highest BCUT2D eigenvalue weighted by molar-refractivity contribution is 7.89. The standard InChI is InChI=1S/C24H21N3O4S2/c28-23(25-18-6-7-21-20(13-18)26-24(31-21)15-4-5-15)16-2-1-3-19(12-16)33(29,30)27-10-8-22-17(14-27)9-11-32-22/h1-3,6-7,9,11-13,15H,4-5,8,10,14H2,(H,25,28). The molecule has 1 N–H and O–H groups in total. The maximum Gasteiger partial charge on any atom is 0.255 e. The highest BCUT2D eigenvalue weighted by Gasteiger charge is 2.30. The summed E-state index contributed by atoms with van der Waals surface area (Å²) in [7, 11) is -3.70. The first-order valence-corrected chi connectivity index (χ1v) is 13.2. The van der Waals surface area contributed by atoms with Crippen LogP contribution in [0.1, 0.15) is 45.4 Å². The predicted octanol–water partition coefficient (Wildman–Crippen LogP) is 4.77. The fourth-order valence-corrected chi connectivity index (χ4v) is 6.46. The SMILES string of the molecule is O=C(Nc1ccc2oc(C3CC3)nc2c1)c1cccc(S(=O)(=O)N2CCc3sccc3C2)c1. The highest BCUT2D eigenvalue weighted by Crippen LogP contribution is 2.40. The number of fused-ring (bicyclic) bond motifs is 2. The zero-order valence-corrected chi connectivity index (χ0v) is 19.3. The van der Waals surface area contributed by atoms with Crippen molar-refractivity contribution in [1.29, 1.82) is 0 Å². The fraction of sp³-hybridized carbons (Fsp3) is 0.250. The number of sulfonamides is 1. The van der Waals surface area contributed by atoms with E-state index >= 15 is 0 Å². The van der Waals surface area contributed by atoms with Gasteiger partial charge in [0, 0.05) is 35.1 Å². The van der Waals surface area contributed by atoms with Crippen LogP contribution in [0.3, 0.4) is 0 Å². The number of carbonyl (C=O) groups is 1. The van der Waals surface area contributed by atoms with E-state index in [0.29, 0.717) is 42.2 Å². The maximum absolute atomic E-state index is 13.2. The molecule has 6 rings (SSSR count). The summed E-state index contributed by atoms with van der Waals surface area (Å²) >= 11 is 1.66. The Morgan fingerprint density at radius 3 is 2.88 bits per heavy atom. The molecule has 0 unspecified atom stereocenters. The van der Waals surface area contributed by atoms with Crippen LogP contribution in [0.5, 0.6) is 0 Å². The van der Waals surface area contributed by atoms with Gasteiger partial charge in [0.2, 0.25) is 10.0 Å². The lowest BCUT2D eigenvalue weighted by atomic mass is 10.1. The molecule has 4 aromatic rings. The number of hydrogen-bond donors (Lipinski definition) is 1. The Kier molecular flexibility index (Phi) is 4.86. The number of rotatable bonds is 5. The van der Waals surface area contributed by atoms with Crippen LogP contribution in [0.2, 0.25) is 0 Å². The van der Waals surface area contributed by atoms with Crippen molar-refractivity contribution < 1.29 is 17.6 Å². The zero-order chi connectivity index (χ0) is 22.6. The summed E-state index contributed by atoms with van der Waals surface area (Å²) in [5.41, 5.74) is 3.31. The number of nitrogens with zero attached hydrogens (tertiary/aromatic N) is 2. The van der Waals surface area contributed by atoms with Gasteiger partial charge in [-0.1, -0.05) is 6.07 Å². The van der Waals surface area contributed by atoms with E-state index in [1.807, 2.05) is 11.4 Å². The van der Waals surface area contributed by atoms with E-state index < -0.39 is 10.0 Å². The summed E-state index contributed by atoms with van der Waals surface area (Å²) < 4.78 is 33.7. The van der Waals surface area contributed by atoms with Crippen LogP contribution in [0, 0.1) is 0 Å². The van der Waals surface area contributed by atoms with E-state index in [9.17, 15) is 13.2 Å². The number of thiophene rings is 1. The summed E-state index contributed by atoms with van der Waals surface area (Å²) in [4.78, 5) is 18.8. The molecule has 0 bridgehead atoms. The molecule has 1 fully saturated rings. The Labute approximate surface area is 195 Å². The van der Waals surface area contributed by atoms with Crippen LogP contribution in [-0.4, -0.2) is 30.2 Å². The quantitative estimate of drug-likeness (QED) is 0.445. The molecule has 2 aromatic carbocycles. The predicted molar refractivity (Wildman–Crippen MR) is 126 cm³/mol. The van der Waals surface area contributed by atoms with Crippen LogP contribution in [-0.2, 0) is 23.0 Å². The van der Waals surface area contributed by atoms with Gasteiger partial charge in [0.15, 0.2) is 11.5 Å². The van der Waals surface area contributed by atoms with Gasteiger partial charge in [0.25, 0.3) is 5.91 Å². The summed E-state index contributed by atoms with van der Waals surface area (Å²) in [6, 6.07) is 13.5. The fourth-order valence-electron chi connectivity index (χ4n) is 4.11. The van der Waals surface area contributed by atoms with Gasteiger partial charge in [-0.05, 0) is 72.7 Å². The van der Waals surface area contributed by atoms with Gasteiger partial charge < -0.3 is 9.73 Å². The molecule has 33 heavy (non-hydrogen) atoms. The molecule has 2 aliphatic rings. The Balaban J connectivity index is 1.22. The Hall–Kier alpha value is -3.01. The van der Waals surface area contributed by atoms with E-state index in [-0.39, 0.29) is 16.4 Å². The Bertz CT molecular complexity index is 1480. The van der Waals surface area contributed by atoms with E-state index in [1.54, 1.807) is 41.7 Å². The molecule has 2 aromatic heterocycles. The number of hydrogen-bond acceptors (Lipinski definition) is 6. The third kappa shape index (κ3) is 3.86. The summed E-state index contributed by atoms with van der Waals surface area (Å²) in [6.07, 6.45) is 2.91. The van der Waals surface area contributed by atoms with Crippen molar-refractivity contribution >= 4 is 44.1 Å². The van der Waals surface area contributed by atoms with Gasteiger partial charge >= 0.3 is 0 Å². The van der Waals surface area contributed by atoms with Gasteiger partial charge in [0.1, 0.15) is 5.52 Å². The number of amides is 1. The molecule has 1 aliphatic carbocycles. The van der Waals surface area contributed by atoms with E-state index in [0.717, 1.165) is 24.3 Å². The first-order chi connectivity index (χ1) is 16.0. The lowest BCUT2D eigenvalue weighted by molar-refractivity contribution is 0.102. The number of oxazole rings is 1. The van der Waals surface area contributed by atoms with Crippen molar-refractivity contribution in [1.82, 2.24) is 9.29 Å². The summed E-state index contributed by atoms with van der Waals surface area (Å²) in [6.45, 7) is 0.797. The van der Waals surface area contributed by atoms with Crippen LogP contribution in [0.4, 0.5) is 5.69 Å². The van der Waals surface area contributed by atoms with Crippen molar-refractivity contribution in [3.8, 4) is 0 Å². The Morgan fingerprint density at radius 2 is 2.03 bits per heavy atom. The molecule has 0 saturated heterocycles. The second-order valence-corrected chi connectivity index (χ2v) is 11.4.